The number of carbonyl (C=O) groups excluding carboxylic acids is 2. The zero-order chi connectivity index (χ0) is 25.5. The second-order valence-corrected chi connectivity index (χ2v) is 7.60. The number of hydrogen-bond acceptors (Lipinski definition) is 5. The number of nitrogens with zero attached hydrogens (tertiary/aromatic N) is 4. The number of rotatable bonds is 6. The quantitative estimate of drug-likeness (QED) is 0.314. The van der Waals surface area contributed by atoms with Crippen molar-refractivity contribution in [3.05, 3.63) is 107 Å². The Hall–Kier alpha value is -4.80. The number of carbonyl (C=O) groups is 2. The van der Waals surface area contributed by atoms with Crippen LogP contribution in [0.5, 0.6) is 0 Å². The Morgan fingerprint density at radius 2 is 1.58 bits per heavy atom. The van der Waals surface area contributed by atoms with Gasteiger partial charge in [0.25, 0.3) is 11.8 Å². The van der Waals surface area contributed by atoms with Gasteiger partial charge < -0.3 is 0 Å². The molecule has 0 unspecified atom stereocenters. The fourth-order valence-corrected chi connectivity index (χ4v) is 3.13. The van der Waals surface area contributed by atoms with Crippen LogP contribution in [-0.2, 0) is 17.5 Å². The second kappa shape index (κ2) is 10.6. The van der Waals surface area contributed by atoms with Crippen molar-refractivity contribution < 1.29 is 22.8 Å². The molecule has 0 bridgehead atoms. The summed E-state index contributed by atoms with van der Waals surface area (Å²) in [5.74, 6) is -0.677. The summed E-state index contributed by atoms with van der Waals surface area (Å²) < 4.78 is 37.8. The summed E-state index contributed by atoms with van der Waals surface area (Å²) in [4.78, 5) is 25.7. The van der Waals surface area contributed by atoms with E-state index >= 15 is 0 Å². The molecular weight excluding hydrogens is 473 g/mol. The lowest BCUT2D eigenvalue weighted by molar-refractivity contribution is -0.137. The van der Waals surface area contributed by atoms with E-state index in [1.807, 2.05) is 30.3 Å². The van der Waals surface area contributed by atoms with Crippen LogP contribution in [0.15, 0.2) is 84.9 Å². The maximum Gasteiger partial charge on any atom is 0.416 e. The third-order valence-corrected chi connectivity index (χ3v) is 4.99. The highest BCUT2D eigenvalue weighted by Crippen LogP contribution is 2.29. The third-order valence-electron chi connectivity index (χ3n) is 4.99. The Morgan fingerprint density at radius 3 is 2.25 bits per heavy atom. The molecule has 8 nitrogen and oxygen atoms in total. The van der Waals surface area contributed by atoms with Crippen molar-refractivity contribution in [1.82, 2.24) is 31.1 Å². The van der Waals surface area contributed by atoms with Crippen molar-refractivity contribution in [2.45, 2.75) is 12.7 Å². The van der Waals surface area contributed by atoms with Crippen LogP contribution >= 0.6 is 0 Å². The number of aromatic nitrogens is 4. The Labute approximate surface area is 203 Å². The molecule has 4 aromatic rings. The summed E-state index contributed by atoms with van der Waals surface area (Å²) in [6.07, 6.45) is -2.00. The number of nitrogens with one attached hydrogen (secondary N) is 2. The standard InChI is InChI=1S/C25H19F3N6O2/c26-25(27,28)21-13-8-17(9-14-21)10-15-22(35)29-31-24(36)20-11-6-18(7-12-20)16-34-32-23(30-33-34)19-4-2-1-3-5-19/h1-15H,16H2,(H,29,35)(H,31,36)/b15-10+. The van der Waals surface area contributed by atoms with Crippen molar-refractivity contribution >= 4 is 17.9 Å². The molecule has 36 heavy (non-hydrogen) atoms. The summed E-state index contributed by atoms with van der Waals surface area (Å²) in [6, 6.07) is 20.4. The lowest BCUT2D eigenvalue weighted by Crippen LogP contribution is -2.40. The predicted molar refractivity (Wildman–Crippen MR) is 125 cm³/mol. The molecule has 0 aliphatic heterocycles. The first-order valence-electron chi connectivity index (χ1n) is 10.7. The van der Waals surface area contributed by atoms with Gasteiger partial charge in [-0.3, -0.25) is 20.4 Å². The maximum absolute atomic E-state index is 12.6. The number of hydrazine groups is 1. The molecule has 0 saturated heterocycles. The van der Waals surface area contributed by atoms with Crippen LogP contribution < -0.4 is 10.9 Å². The Bertz CT molecular complexity index is 1370. The van der Waals surface area contributed by atoms with E-state index in [9.17, 15) is 22.8 Å². The van der Waals surface area contributed by atoms with Crippen molar-refractivity contribution in [2.75, 3.05) is 0 Å². The van der Waals surface area contributed by atoms with E-state index in [-0.39, 0.29) is 0 Å². The first kappa shape index (κ1) is 24.3. The van der Waals surface area contributed by atoms with E-state index in [0.29, 0.717) is 23.5 Å². The molecule has 0 spiro atoms. The molecule has 182 valence electrons. The first-order valence-corrected chi connectivity index (χ1v) is 10.7. The zero-order valence-electron chi connectivity index (χ0n) is 18.6. The lowest BCUT2D eigenvalue weighted by Gasteiger charge is -2.07. The van der Waals surface area contributed by atoms with Crippen molar-refractivity contribution in [3.63, 3.8) is 0 Å². The minimum absolute atomic E-state index is 0.308. The Kier molecular flexibility index (Phi) is 7.19. The van der Waals surface area contributed by atoms with Crippen LogP contribution in [0, 0.1) is 0 Å². The largest absolute Gasteiger partial charge is 0.416 e. The molecule has 2 N–H and O–H groups in total. The highest BCUT2D eigenvalue weighted by molar-refractivity contribution is 5.97. The van der Waals surface area contributed by atoms with Gasteiger partial charge in [-0.05, 0) is 46.7 Å². The molecule has 2 amide bonds. The number of alkyl halides is 3. The van der Waals surface area contributed by atoms with Crippen LogP contribution in [0.2, 0.25) is 0 Å². The highest BCUT2D eigenvalue weighted by Gasteiger charge is 2.29. The number of hydrogen-bond donors (Lipinski definition) is 2. The van der Waals surface area contributed by atoms with Gasteiger partial charge in [0.2, 0.25) is 5.82 Å². The van der Waals surface area contributed by atoms with Crippen LogP contribution in [0.25, 0.3) is 17.5 Å². The first-order chi connectivity index (χ1) is 17.3. The molecule has 11 heteroatoms. The van der Waals surface area contributed by atoms with Crippen LogP contribution in [0.4, 0.5) is 13.2 Å². The molecule has 1 aromatic heterocycles. The van der Waals surface area contributed by atoms with Gasteiger partial charge in [0, 0.05) is 17.2 Å². The molecule has 1 heterocycles. The topological polar surface area (TPSA) is 102 Å². The van der Waals surface area contributed by atoms with Gasteiger partial charge in [-0.2, -0.15) is 18.0 Å². The van der Waals surface area contributed by atoms with Gasteiger partial charge >= 0.3 is 6.18 Å². The fourth-order valence-electron chi connectivity index (χ4n) is 3.13. The van der Waals surface area contributed by atoms with Gasteiger partial charge in [-0.15, -0.1) is 10.2 Å². The molecule has 0 atom stereocenters. The van der Waals surface area contributed by atoms with Crippen molar-refractivity contribution in [2.24, 2.45) is 0 Å². The van der Waals surface area contributed by atoms with E-state index in [1.165, 1.54) is 23.0 Å². The van der Waals surface area contributed by atoms with Crippen LogP contribution in [0.3, 0.4) is 0 Å². The fraction of sp³-hybridized carbons (Fsp3) is 0.0800. The summed E-state index contributed by atoms with van der Waals surface area (Å²) in [6.45, 7) is 0.354. The number of amides is 2. The van der Waals surface area contributed by atoms with Crippen molar-refractivity contribution in [1.29, 1.82) is 0 Å². The average Bonchev–Trinajstić information content (AvgIpc) is 3.35. The number of tetrazole rings is 1. The summed E-state index contributed by atoms with van der Waals surface area (Å²) in [7, 11) is 0. The minimum Gasteiger partial charge on any atom is -0.268 e. The zero-order valence-corrected chi connectivity index (χ0v) is 18.6. The monoisotopic (exact) mass is 492 g/mol. The summed E-state index contributed by atoms with van der Waals surface area (Å²) in [5, 5.41) is 12.4. The molecule has 0 aliphatic rings. The van der Waals surface area contributed by atoms with E-state index in [1.54, 1.807) is 24.3 Å². The van der Waals surface area contributed by atoms with Crippen LogP contribution in [-0.4, -0.2) is 32.0 Å². The molecule has 0 fully saturated rings. The molecule has 0 aliphatic carbocycles. The summed E-state index contributed by atoms with van der Waals surface area (Å²) in [5.41, 5.74) is 6.12. The summed E-state index contributed by atoms with van der Waals surface area (Å²) >= 11 is 0. The molecule has 4 rings (SSSR count). The lowest BCUT2D eigenvalue weighted by atomic mass is 10.1. The molecular formula is C25H19F3N6O2. The van der Waals surface area contributed by atoms with E-state index in [4.69, 9.17) is 0 Å². The third kappa shape index (κ3) is 6.41. The van der Waals surface area contributed by atoms with Gasteiger partial charge in [0.15, 0.2) is 0 Å². The van der Waals surface area contributed by atoms with Gasteiger partial charge in [0.1, 0.15) is 0 Å². The Morgan fingerprint density at radius 1 is 0.889 bits per heavy atom. The molecule has 0 radical (unpaired) electrons. The van der Waals surface area contributed by atoms with Gasteiger partial charge in [0.05, 0.1) is 12.1 Å². The van der Waals surface area contributed by atoms with Gasteiger partial charge in [-0.25, -0.2) is 0 Å². The average molecular weight is 492 g/mol. The Balaban J connectivity index is 1.27. The number of halogens is 3. The van der Waals surface area contributed by atoms with Crippen LogP contribution in [0.1, 0.15) is 27.0 Å². The molecule has 0 saturated carbocycles. The maximum atomic E-state index is 12.6. The van der Waals surface area contributed by atoms with E-state index in [0.717, 1.165) is 29.3 Å². The minimum atomic E-state index is -4.43. The van der Waals surface area contributed by atoms with Gasteiger partial charge in [-0.1, -0.05) is 54.6 Å². The normalized spacial score (nSPS) is 11.4. The SMILES string of the molecule is O=C(/C=C/c1ccc(C(F)(F)F)cc1)NNC(=O)c1ccc(Cn2nnc(-c3ccccc3)n2)cc1. The molecule has 3 aromatic carbocycles. The second-order valence-electron chi connectivity index (χ2n) is 7.60. The van der Waals surface area contributed by atoms with E-state index in [2.05, 4.69) is 26.3 Å². The van der Waals surface area contributed by atoms with E-state index < -0.39 is 23.6 Å². The number of benzene rings is 3. The predicted octanol–water partition coefficient (Wildman–Crippen LogP) is 3.88. The smallest absolute Gasteiger partial charge is 0.268 e. The van der Waals surface area contributed by atoms with Crippen molar-refractivity contribution in [3.8, 4) is 11.4 Å². The highest BCUT2D eigenvalue weighted by atomic mass is 19.4.